The SMILES string of the molecule is COc1ccc(CN(C)Cc2ccccc2F)cc1CN. The lowest BCUT2D eigenvalue weighted by Crippen LogP contribution is -2.18. The Morgan fingerprint density at radius 3 is 2.52 bits per heavy atom. The highest BCUT2D eigenvalue weighted by Crippen LogP contribution is 2.20. The standard InChI is InChI=1S/C17H21FN2O/c1-20(12-14-5-3-4-6-16(14)18)11-13-7-8-17(21-2)15(9-13)10-19/h3-9H,10-12,19H2,1-2H3. The van der Waals surface area contributed by atoms with Gasteiger partial charge in [0.25, 0.3) is 0 Å². The van der Waals surface area contributed by atoms with Crippen LogP contribution in [0.15, 0.2) is 42.5 Å². The molecule has 0 aliphatic carbocycles. The van der Waals surface area contributed by atoms with Crippen LogP contribution in [-0.4, -0.2) is 19.1 Å². The second-order valence-electron chi connectivity index (χ2n) is 5.11. The Hall–Kier alpha value is -1.91. The van der Waals surface area contributed by atoms with Crippen LogP contribution < -0.4 is 10.5 Å². The fourth-order valence-electron chi connectivity index (χ4n) is 2.37. The molecule has 0 unspecified atom stereocenters. The number of hydrogen-bond donors (Lipinski definition) is 1. The fraction of sp³-hybridized carbons (Fsp3) is 0.294. The topological polar surface area (TPSA) is 38.5 Å². The van der Waals surface area contributed by atoms with Crippen molar-refractivity contribution in [1.82, 2.24) is 4.90 Å². The fourth-order valence-corrected chi connectivity index (χ4v) is 2.37. The molecule has 4 heteroatoms. The van der Waals surface area contributed by atoms with E-state index in [-0.39, 0.29) is 5.82 Å². The smallest absolute Gasteiger partial charge is 0.127 e. The zero-order valence-corrected chi connectivity index (χ0v) is 12.5. The first-order valence-electron chi connectivity index (χ1n) is 6.92. The summed E-state index contributed by atoms with van der Waals surface area (Å²) in [5, 5.41) is 0. The van der Waals surface area contributed by atoms with Crippen molar-refractivity contribution in [1.29, 1.82) is 0 Å². The third-order valence-electron chi connectivity index (χ3n) is 3.42. The average Bonchev–Trinajstić information content (AvgIpc) is 2.49. The lowest BCUT2D eigenvalue weighted by molar-refractivity contribution is 0.313. The van der Waals surface area contributed by atoms with Gasteiger partial charge in [-0.15, -0.1) is 0 Å². The van der Waals surface area contributed by atoms with Crippen molar-refractivity contribution < 1.29 is 9.13 Å². The Morgan fingerprint density at radius 1 is 1.10 bits per heavy atom. The third-order valence-corrected chi connectivity index (χ3v) is 3.42. The van der Waals surface area contributed by atoms with Crippen molar-refractivity contribution >= 4 is 0 Å². The van der Waals surface area contributed by atoms with E-state index in [1.807, 2.05) is 37.4 Å². The highest BCUT2D eigenvalue weighted by molar-refractivity contribution is 5.37. The maximum atomic E-state index is 13.6. The van der Waals surface area contributed by atoms with Crippen molar-refractivity contribution in [3.8, 4) is 5.75 Å². The lowest BCUT2D eigenvalue weighted by atomic mass is 10.1. The summed E-state index contributed by atoms with van der Waals surface area (Å²) in [7, 11) is 3.61. The molecule has 0 amide bonds. The molecule has 2 aromatic carbocycles. The van der Waals surface area contributed by atoms with Gasteiger partial charge in [0.05, 0.1) is 7.11 Å². The number of hydrogen-bond acceptors (Lipinski definition) is 3. The number of nitrogens with zero attached hydrogens (tertiary/aromatic N) is 1. The summed E-state index contributed by atoms with van der Waals surface area (Å²) >= 11 is 0. The number of ether oxygens (including phenoxy) is 1. The Balaban J connectivity index is 2.06. The van der Waals surface area contributed by atoms with Crippen molar-refractivity contribution in [2.75, 3.05) is 14.2 Å². The number of benzene rings is 2. The maximum Gasteiger partial charge on any atom is 0.127 e. The molecule has 2 rings (SSSR count). The number of nitrogens with two attached hydrogens (primary N) is 1. The van der Waals surface area contributed by atoms with E-state index in [2.05, 4.69) is 4.90 Å². The van der Waals surface area contributed by atoms with Crippen LogP contribution in [-0.2, 0) is 19.6 Å². The Kier molecular flexibility index (Phi) is 5.31. The van der Waals surface area contributed by atoms with E-state index < -0.39 is 0 Å². The Morgan fingerprint density at radius 2 is 1.86 bits per heavy atom. The molecule has 0 saturated carbocycles. The first-order chi connectivity index (χ1) is 10.1. The zero-order chi connectivity index (χ0) is 15.2. The average molecular weight is 288 g/mol. The van der Waals surface area contributed by atoms with Crippen LogP contribution in [0.4, 0.5) is 4.39 Å². The maximum absolute atomic E-state index is 13.6. The summed E-state index contributed by atoms with van der Waals surface area (Å²) in [6.45, 7) is 1.73. The molecule has 0 fully saturated rings. The van der Waals surface area contributed by atoms with Gasteiger partial charge in [0, 0.05) is 30.8 Å². The quantitative estimate of drug-likeness (QED) is 0.888. The molecule has 0 aliphatic rings. The molecule has 2 N–H and O–H groups in total. The van der Waals surface area contributed by atoms with Gasteiger partial charge in [0.2, 0.25) is 0 Å². The van der Waals surface area contributed by atoms with Gasteiger partial charge in [-0.25, -0.2) is 4.39 Å². The summed E-state index contributed by atoms with van der Waals surface area (Å²) in [5.74, 6) is 0.639. The van der Waals surface area contributed by atoms with Gasteiger partial charge in [-0.2, -0.15) is 0 Å². The molecule has 0 aromatic heterocycles. The number of methoxy groups -OCH3 is 1. The van der Waals surface area contributed by atoms with E-state index in [0.29, 0.717) is 18.7 Å². The van der Waals surface area contributed by atoms with Crippen molar-refractivity contribution in [2.45, 2.75) is 19.6 Å². The molecule has 0 bridgehead atoms. The normalized spacial score (nSPS) is 10.9. The second-order valence-corrected chi connectivity index (χ2v) is 5.11. The summed E-state index contributed by atoms with van der Waals surface area (Å²) in [5.41, 5.74) is 8.54. The van der Waals surface area contributed by atoms with E-state index in [1.165, 1.54) is 6.07 Å². The third kappa shape index (κ3) is 4.03. The van der Waals surface area contributed by atoms with Crippen molar-refractivity contribution in [3.63, 3.8) is 0 Å². The van der Waals surface area contributed by atoms with Crippen LogP contribution in [0.3, 0.4) is 0 Å². The van der Waals surface area contributed by atoms with Gasteiger partial charge in [0.15, 0.2) is 0 Å². The van der Waals surface area contributed by atoms with Crippen LogP contribution >= 0.6 is 0 Å². The molecule has 0 aliphatic heterocycles. The monoisotopic (exact) mass is 288 g/mol. The second kappa shape index (κ2) is 7.20. The van der Waals surface area contributed by atoms with Gasteiger partial charge >= 0.3 is 0 Å². The van der Waals surface area contributed by atoms with Gasteiger partial charge in [-0.1, -0.05) is 24.3 Å². The van der Waals surface area contributed by atoms with Gasteiger partial charge < -0.3 is 10.5 Å². The summed E-state index contributed by atoms with van der Waals surface area (Å²) < 4.78 is 18.9. The lowest BCUT2D eigenvalue weighted by Gasteiger charge is -2.18. The first kappa shape index (κ1) is 15.5. The van der Waals surface area contributed by atoms with Crippen LogP contribution in [0.2, 0.25) is 0 Å². The molecule has 112 valence electrons. The Bertz CT molecular complexity index is 601. The van der Waals surface area contributed by atoms with Crippen LogP contribution in [0.25, 0.3) is 0 Å². The minimum Gasteiger partial charge on any atom is -0.496 e. The molecule has 21 heavy (non-hydrogen) atoms. The molecule has 2 aromatic rings. The highest BCUT2D eigenvalue weighted by atomic mass is 19.1. The van der Waals surface area contributed by atoms with Crippen LogP contribution in [0.5, 0.6) is 5.75 Å². The van der Waals surface area contributed by atoms with E-state index >= 15 is 0 Å². The van der Waals surface area contributed by atoms with E-state index in [4.69, 9.17) is 10.5 Å². The number of halogens is 1. The molecular formula is C17H21FN2O. The molecule has 0 radical (unpaired) electrons. The molecule has 0 spiro atoms. The zero-order valence-electron chi connectivity index (χ0n) is 12.5. The highest BCUT2D eigenvalue weighted by Gasteiger charge is 2.08. The molecular weight excluding hydrogens is 267 g/mol. The van der Waals surface area contributed by atoms with E-state index in [1.54, 1.807) is 13.2 Å². The summed E-state index contributed by atoms with van der Waals surface area (Å²) in [6.07, 6.45) is 0. The van der Waals surface area contributed by atoms with Crippen LogP contribution in [0.1, 0.15) is 16.7 Å². The van der Waals surface area contributed by atoms with Gasteiger partial charge in [-0.05, 0) is 30.8 Å². The first-order valence-corrected chi connectivity index (χ1v) is 6.92. The van der Waals surface area contributed by atoms with Gasteiger partial charge in [-0.3, -0.25) is 4.90 Å². The molecule has 0 saturated heterocycles. The minimum absolute atomic E-state index is 0.165. The predicted octanol–water partition coefficient (Wildman–Crippen LogP) is 2.93. The Labute approximate surface area is 125 Å². The van der Waals surface area contributed by atoms with E-state index in [0.717, 1.165) is 23.4 Å². The summed E-state index contributed by atoms with van der Waals surface area (Å²) in [6, 6.07) is 12.8. The van der Waals surface area contributed by atoms with Gasteiger partial charge in [0.1, 0.15) is 11.6 Å². The minimum atomic E-state index is -0.165. The van der Waals surface area contributed by atoms with E-state index in [9.17, 15) is 4.39 Å². The molecule has 0 atom stereocenters. The van der Waals surface area contributed by atoms with Crippen molar-refractivity contribution in [3.05, 3.63) is 65.0 Å². The van der Waals surface area contributed by atoms with Crippen molar-refractivity contribution in [2.24, 2.45) is 5.73 Å². The molecule has 3 nitrogen and oxygen atoms in total. The largest absolute Gasteiger partial charge is 0.496 e. The summed E-state index contributed by atoms with van der Waals surface area (Å²) in [4.78, 5) is 2.07. The molecule has 0 heterocycles. The number of rotatable bonds is 6. The van der Waals surface area contributed by atoms with Crippen LogP contribution in [0, 0.1) is 5.82 Å². The predicted molar refractivity (Wildman–Crippen MR) is 82.5 cm³/mol.